The number of aromatic hydroxyl groups is 1. The molecule has 6 nitrogen and oxygen atoms in total. The summed E-state index contributed by atoms with van der Waals surface area (Å²) in [6, 6.07) is 3.39. The third-order valence-corrected chi connectivity index (χ3v) is 5.70. The number of hydrogen-bond donors (Lipinski definition) is 1. The smallest absolute Gasteiger partial charge is 0.230 e. The molecule has 0 spiro atoms. The van der Waals surface area contributed by atoms with Crippen LogP contribution in [0.25, 0.3) is 4.96 Å². The largest absolute Gasteiger partial charge is 0.492 e. The van der Waals surface area contributed by atoms with Crippen molar-refractivity contribution in [1.82, 2.24) is 19.5 Å². The van der Waals surface area contributed by atoms with Gasteiger partial charge in [-0.15, -0.1) is 5.10 Å². The van der Waals surface area contributed by atoms with Crippen molar-refractivity contribution in [1.29, 1.82) is 0 Å². The highest BCUT2D eigenvalue weighted by molar-refractivity contribution is 7.17. The molecule has 144 valence electrons. The van der Waals surface area contributed by atoms with Crippen LogP contribution in [0.5, 0.6) is 5.88 Å². The third-order valence-electron chi connectivity index (χ3n) is 4.63. The van der Waals surface area contributed by atoms with Crippen molar-refractivity contribution >= 4 is 16.3 Å². The molecule has 0 saturated carbocycles. The van der Waals surface area contributed by atoms with E-state index in [0.717, 1.165) is 6.07 Å². The zero-order valence-corrected chi connectivity index (χ0v) is 16.0. The summed E-state index contributed by atoms with van der Waals surface area (Å²) in [4.78, 5) is 7.58. The summed E-state index contributed by atoms with van der Waals surface area (Å²) >= 11 is 1.29. The van der Waals surface area contributed by atoms with Crippen LogP contribution in [-0.2, 0) is 4.74 Å². The predicted molar refractivity (Wildman–Crippen MR) is 97.0 cm³/mol. The van der Waals surface area contributed by atoms with Crippen LogP contribution in [0.1, 0.15) is 36.2 Å². The molecular weight excluding hydrogens is 374 g/mol. The second-order valence-electron chi connectivity index (χ2n) is 6.93. The lowest BCUT2D eigenvalue weighted by Crippen LogP contribution is -2.47. The maximum absolute atomic E-state index is 14.0. The lowest BCUT2D eigenvalue weighted by molar-refractivity contribution is -0.0764. The molecule has 0 amide bonds. The number of morpholine rings is 1. The van der Waals surface area contributed by atoms with Gasteiger partial charge < -0.3 is 9.84 Å². The SMILES string of the molecule is Cc1nc2sc(C(c3ccc(F)c(F)c3)N3CC(C)OC(C)C3)c(O)n2n1. The Bertz CT molecular complexity index is 979. The summed E-state index contributed by atoms with van der Waals surface area (Å²) in [6.45, 7) is 6.88. The molecule has 3 atom stereocenters. The molecule has 4 rings (SSSR count). The summed E-state index contributed by atoms with van der Waals surface area (Å²) in [7, 11) is 0. The highest BCUT2D eigenvalue weighted by atomic mass is 32.1. The highest BCUT2D eigenvalue weighted by Gasteiger charge is 2.34. The van der Waals surface area contributed by atoms with Gasteiger partial charge >= 0.3 is 0 Å². The average Bonchev–Trinajstić information content (AvgIpc) is 3.08. The Morgan fingerprint density at radius 2 is 1.93 bits per heavy atom. The van der Waals surface area contributed by atoms with Gasteiger partial charge in [-0.25, -0.2) is 13.8 Å². The second kappa shape index (κ2) is 6.81. The quantitative estimate of drug-likeness (QED) is 0.739. The van der Waals surface area contributed by atoms with Crippen LogP contribution in [0.15, 0.2) is 18.2 Å². The van der Waals surface area contributed by atoms with Crippen LogP contribution < -0.4 is 0 Å². The number of nitrogens with zero attached hydrogens (tertiary/aromatic N) is 4. The van der Waals surface area contributed by atoms with Crippen molar-refractivity contribution in [3.63, 3.8) is 0 Å². The fourth-order valence-corrected chi connectivity index (χ4v) is 4.83. The average molecular weight is 394 g/mol. The van der Waals surface area contributed by atoms with Gasteiger partial charge in [-0.05, 0) is 38.5 Å². The molecule has 0 aliphatic carbocycles. The summed E-state index contributed by atoms with van der Waals surface area (Å²) < 4.78 is 34.7. The number of aromatic nitrogens is 3. The molecule has 1 saturated heterocycles. The van der Waals surface area contributed by atoms with E-state index in [1.54, 1.807) is 13.0 Å². The standard InChI is InChI=1S/C18H20F2N4O2S/c1-9-7-23(8-10(2)26-9)15(12-4-5-13(19)14(20)6-12)16-17(25)24-18(27-16)21-11(3)22-24/h4-6,9-10,15,25H,7-8H2,1-3H3. The van der Waals surface area contributed by atoms with E-state index in [0.29, 0.717) is 34.3 Å². The van der Waals surface area contributed by atoms with E-state index in [4.69, 9.17) is 4.74 Å². The van der Waals surface area contributed by atoms with Gasteiger partial charge in [0.05, 0.1) is 23.1 Å². The van der Waals surface area contributed by atoms with E-state index in [2.05, 4.69) is 15.0 Å². The van der Waals surface area contributed by atoms with E-state index < -0.39 is 17.7 Å². The molecule has 0 radical (unpaired) electrons. The monoisotopic (exact) mass is 394 g/mol. The summed E-state index contributed by atoms with van der Waals surface area (Å²) in [5, 5.41) is 15.0. The van der Waals surface area contributed by atoms with Crippen LogP contribution in [0.3, 0.4) is 0 Å². The molecule has 3 heterocycles. The number of aryl methyl sites for hydroxylation is 1. The van der Waals surface area contributed by atoms with E-state index in [1.165, 1.54) is 21.9 Å². The predicted octanol–water partition coefficient (Wildman–Crippen LogP) is 3.28. The third kappa shape index (κ3) is 3.30. The minimum absolute atomic E-state index is 0.0203. The van der Waals surface area contributed by atoms with Crippen molar-refractivity contribution in [2.24, 2.45) is 0 Å². The molecule has 27 heavy (non-hydrogen) atoms. The first-order chi connectivity index (χ1) is 12.8. The molecule has 3 unspecified atom stereocenters. The second-order valence-corrected chi connectivity index (χ2v) is 7.94. The van der Waals surface area contributed by atoms with Crippen molar-refractivity contribution in [3.8, 4) is 5.88 Å². The van der Waals surface area contributed by atoms with Crippen molar-refractivity contribution in [2.75, 3.05) is 13.1 Å². The maximum atomic E-state index is 14.0. The Hall–Kier alpha value is -2.10. The van der Waals surface area contributed by atoms with Gasteiger partial charge in [-0.2, -0.15) is 4.52 Å². The summed E-state index contributed by atoms with van der Waals surface area (Å²) in [5.41, 5.74) is 0.562. The normalized spacial score (nSPS) is 22.4. The maximum Gasteiger partial charge on any atom is 0.230 e. The number of rotatable bonds is 3. The lowest BCUT2D eigenvalue weighted by atomic mass is 10.0. The molecule has 1 aliphatic heterocycles. The number of thiazole rings is 1. The molecule has 3 aromatic rings. The van der Waals surface area contributed by atoms with E-state index in [9.17, 15) is 13.9 Å². The first-order valence-electron chi connectivity index (χ1n) is 8.73. The van der Waals surface area contributed by atoms with Gasteiger partial charge in [0.25, 0.3) is 0 Å². The minimum atomic E-state index is -0.915. The molecule has 1 aliphatic rings. The van der Waals surface area contributed by atoms with Crippen molar-refractivity contribution in [2.45, 2.75) is 39.0 Å². The van der Waals surface area contributed by atoms with Crippen LogP contribution >= 0.6 is 11.3 Å². The Morgan fingerprint density at radius 1 is 1.22 bits per heavy atom. The van der Waals surface area contributed by atoms with Gasteiger partial charge in [0.1, 0.15) is 5.82 Å². The number of hydrogen-bond acceptors (Lipinski definition) is 6. The van der Waals surface area contributed by atoms with Gasteiger partial charge in [-0.1, -0.05) is 17.4 Å². The topological polar surface area (TPSA) is 62.9 Å². The fourth-order valence-electron chi connectivity index (χ4n) is 3.67. The molecule has 9 heteroatoms. The minimum Gasteiger partial charge on any atom is -0.492 e. The molecule has 1 fully saturated rings. The van der Waals surface area contributed by atoms with Crippen LogP contribution in [0.2, 0.25) is 0 Å². The van der Waals surface area contributed by atoms with Gasteiger partial charge in [0.15, 0.2) is 11.6 Å². The van der Waals surface area contributed by atoms with Crippen molar-refractivity contribution < 1.29 is 18.6 Å². The zero-order valence-electron chi connectivity index (χ0n) is 15.2. The Labute approximate surface area is 159 Å². The Morgan fingerprint density at radius 3 is 2.56 bits per heavy atom. The van der Waals surface area contributed by atoms with Crippen molar-refractivity contribution in [3.05, 3.63) is 46.1 Å². The number of ether oxygens (including phenoxy) is 1. The molecular formula is C18H20F2N4O2S. The number of benzene rings is 1. The van der Waals surface area contributed by atoms with Gasteiger partial charge in [0, 0.05) is 13.1 Å². The van der Waals surface area contributed by atoms with Crippen LogP contribution in [0.4, 0.5) is 8.78 Å². The molecule has 1 N–H and O–H groups in total. The summed E-state index contributed by atoms with van der Waals surface area (Å²) in [6.07, 6.45) is -0.0406. The Kier molecular flexibility index (Phi) is 4.61. The van der Waals surface area contributed by atoms with Crippen LogP contribution in [0, 0.1) is 18.6 Å². The first-order valence-corrected chi connectivity index (χ1v) is 9.54. The van der Waals surface area contributed by atoms with E-state index in [-0.39, 0.29) is 18.1 Å². The van der Waals surface area contributed by atoms with Crippen LogP contribution in [-0.4, -0.2) is 49.9 Å². The summed E-state index contributed by atoms with van der Waals surface area (Å²) in [5.74, 6) is -1.29. The van der Waals surface area contributed by atoms with Gasteiger partial charge in [-0.3, -0.25) is 4.90 Å². The zero-order chi connectivity index (χ0) is 19.3. The fraction of sp³-hybridized carbons (Fsp3) is 0.444. The van der Waals surface area contributed by atoms with E-state index in [1.807, 2.05) is 13.8 Å². The molecule has 1 aromatic carbocycles. The Balaban J connectivity index is 1.85. The molecule has 2 aromatic heterocycles. The number of halogens is 2. The first kappa shape index (κ1) is 18.3. The molecule has 0 bridgehead atoms. The number of fused-ring (bicyclic) bond motifs is 1. The highest BCUT2D eigenvalue weighted by Crippen LogP contribution is 2.41. The lowest BCUT2D eigenvalue weighted by Gasteiger charge is -2.40. The van der Waals surface area contributed by atoms with E-state index >= 15 is 0 Å². The van der Waals surface area contributed by atoms with Gasteiger partial charge in [0.2, 0.25) is 10.8 Å².